The van der Waals surface area contributed by atoms with Crippen LogP contribution in [0, 0.1) is 17.0 Å². The first-order chi connectivity index (χ1) is 9.83. The van der Waals surface area contributed by atoms with Crippen LogP contribution in [0.5, 0.6) is 0 Å². The fourth-order valence-corrected chi connectivity index (χ4v) is 2.56. The molecule has 0 bridgehead atoms. The lowest BCUT2D eigenvalue weighted by atomic mass is 10.3. The van der Waals surface area contributed by atoms with Gasteiger partial charge in [0.05, 0.1) is 10.6 Å². The Morgan fingerprint density at radius 1 is 1.38 bits per heavy atom. The number of hydrogen-bond acceptors (Lipinski definition) is 9. The Balaban J connectivity index is 2.46. The van der Waals surface area contributed by atoms with Gasteiger partial charge in [0.15, 0.2) is 4.90 Å². The molecule has 1 aromatic carbocycles. The molecule has 0 atom stereocenters. The number of benzene rings is 1. The van der Waals surface area contributed by atoms with Gasteiger partial charge in [0.25, 0.3) is 15.7 Å². The lowest BCUT2D eigenvalue weighted by molar-refractivity contribution is -0.387. The SMILES string of the molecule is Cc1nnc(NS(=O)(=O)c2ccc(NN)cc2[N+](=O)[O-])o1. The second-order valence-corrected chi connectivity index (χ2v) is 5.47. The summed E-state index contributed by atoms with van der Waals surface area (Å²) in [5, 5.41) is 17.9. The zero-order chi connectivity index (χ0) is 15.6. The van der Waals surface area contributed by atoms with Gasteiger partial charge in [0.1, 0.15) is 0 Å². The number of nitrogen functional groups attached to an aromatic ring is 1. The molecule has 0 aliphatic heterocycles. The van der Waals surface area contributed by atoms with Gasteiger partial charge in [-0.05, 0) is 12.1 Å². The van der Waals surface area contributed by atoms with Gasteiger partial charge < -0.3 is 9.84 Å². The standard InChI is InChI=1S/C9H10N6O5S/c1-5-12-13-9(20-5)14-21(18,19)8-3-2-6(11-10)4-7(8)15(16)17/h2-4,11H,10H2,1H3,(H,13,14). The molecule has 21 heavy (non-hydrogen) atoms. The van der Waals surface area contributed by atoms with E-state index < -0.39 is 25.5 Å². The Morgan fingerprint density at radius 2 is 2.10 bits per heavy atom. The van der Waals surface area contributed by atoms with Crippen molar-refractivity contribution in [1.82, 2.24) is 10.2 Å². The number of nitro benzene ring substituents is 1. The summed E-state index contributed by atoms with van der Waals surface area (Å²) in [6, 6.07) is 2.93. The Kier molecular flexibility index (Phi) is 3.73. The molecular formula is C9H10N6O5S. The van der Waals surface area contributed by atoms with E-state index in [4.69, 9.17) is 10.3 Å². The molecule has 2 aromatic rings. The largest absolute Gasteiger partial charge is 0.408 e. The summed E-state index contributed by atoms with van der Waals surface area (Å²) in [7, 11) is -4.26. The van der Waals surface area contributed by atoms with Crippen molar-refractivity contribution in [2.45, 2.75) is 11.8 Å². The number of aromatic nitrogens is 2. The minimum Gasteiger partial charge on any atom is -0.408 e. The number of nitro groups is 1. The summed E-state index contributed by atoms with van der Waals surface area (Å²) in [5.41, 5.74) is 1.74. The van der Waals surface area contributed by atoms with Crippen molar-refractivity contribution in [3.05, 3.63) is 34.2 Å². The van der Waals surface area contributed by atoms with Gasteiger partial charge in [-0.15, -0.1) is 5.10 Å². The maximum absolute atomic E-state index is 12.1. The average Bonchev–Trinajstić information content (AvgIpc) is 2.82. The molecule has 4 N–H and O–H groups in total. The van der Waals surface area contributed by atoms with Crippen molar-refractivity contribution in [2.24, 2.45) is 5.84 Å². The summed E-state index contributed by atoms with van der Waals surface area (Å²) < 4.78 is 31.1. The number of rotatable bonds is 5. The van der Waals surface area contributed by atoms with Gasteiger partial charge in [-0.2, -0.15) is 0 Å². The third kappa shape index (κ3) is 3.06. The van der Waals surface area contributed by atoms with Crippen LogP contribution in [0.3, 0.4) is 0 Å². The zero-order valence-corrected chi connectivity index (χ0v) is 11.4. The second-order valence-electron chi connectivity index (χ2n) is 3.82. The monoisotopic (exact) mass is 314 g/mol. The van der Waals surface area contributed by atoms with Crippen LogP contribution in [0.25, 0.3) is 0 Å². The Morgan fingerprint density at radius 3 is 2.62 bits per heavy atom. The molecule has 0 unspecified atom stereocenters. The highest BCUT2D eigenvalue weighted by Crippen LogP contribution is 2.28. The summed E-state index contributed by atoms with van der Waals surface area (Å²) in [5.74, 6) is 5.28. The van der Waals surface area contributed by atoms with Crippen LogP contribution in [-0.4, -0.2) is 23.5 Å². The van der Waals surface area contributed by atoms with Gasteiger partial charge in [-0.1, -0.05) is 5.10 Å². The lowest BCUT2D eigenvalue weighted by Gasteiger charge is -2.06. The first kappa shape index (κ1) is 14.7. The van der Waals surface area contributed by atoms with E-state index in [1.165, 1.54) is 13.0 Å². The highest BCUT2D eigenvalue weighted by atomic mass is 32.2. The van der Waals surface area contributed by atoms with Crippen molar-refractivity contribution in [2.75, 3.05) is 10.1 Å². The predicted octanol–water partition coefficient (Wildman–Crippen LogP) is 0.373. The molecule has 2 rings (SSSR count). The van der Waals surface area contributed by atoms with Gasteiger partial charge in [0, 0.05) is 13.0 Å². The Hall–Kier alpha value is -2.73. The van der Waals surface area contributed by atoms with Crippen LogP contribution in [0.1, 0.15) is 5.89 Å². The van der Waals surface area contributed by atoms with Crippen molar-refractivity contribution in [1.29, 1.82) is 0 Å². The first-order valence-electron chi connectivity index (χ1n) is 5.41. The van der Waals surface area contributed by atoms with Crippen molar-refractivity contribution >= 4 is 27.4 Å². The quantitative estimate of drug-likeness (QED) is 0.401. The molecule has 1 aromatic heterocycles. The Labute approximate surface area is 118 Å². The number of nitrogens with zero attached hydrogens (tertiary/aromatic N) is 3. The third-order valence-corrected chi connectivity index (χ3v) is 3.73. The second kappa shape index (κ2) is 5.34. The van der Waals surface area contributed by atoms with E-state index >= 15 is 0 Å². The van der Waals surface area contributed by atoms with E-state index in [-0.39, 0.29) is 17.6 Å². The summed E-state index contributed by atoms with van der Waals surface area (Å²) >= 11 is 0. The van der Waals surface area contributed by atoms with Crippen molar-refractivity contribution in [3.63, 3.8) is 0 Å². The number of anilines is 2. The molecule has 0 saturated heterocycles. The molecular weight excluding hydrogens is 304 g/mol. The van der Waals surface area contributed by atoms with E-state index in [0.29, 0.717) is 0 Å². The highest BCUT2D eigenvalue weighted by Gasteiger charge is 2.27. The van der Waals surface area contributed by atoms with E-state index in [9.17, 15) is 18.5 Å². The maximum atomic E-state index is 12.1. The van der Waals surface area contributed by atoms with Gasteiger partial charge in [-0.25, -0.2) is 13.1 Å². The Bertz CT molecular complexity index is 786. The third-order valence-electron chi connectivity index (χ3n) is 2.36. The van der Waals surface area contributed by atoms with Gasteiger partial charge >= 0.3 is 6.01 Å². The summed E-state index contributed by atoms with van der Waals surface area (Å²) in [6.45, 7) is 1.47. The smallest absolute Gasteiger partial charge is 0.329 e. The molecule has 1 heterocycles. The van der Waals surface area contributed by atoms with E-state index in [0.717, 1.165) is 12.1 Å². The van der Waals surface area contributed by atoms with Gasteiger partial charge in [0.2, 0.25) is 5.89 Å². The molecule has 0 saturated carbocycles. The van der Waals surface area contributed by atoms with Gasteiger partial charge in [-0.3, -0.25) is 16.0 Å². The maximum Gasteiger partial charge on any atom is 0.329 e. The molecule has 0 radical (unpaired) electrons. The zero-order valence-electron chi connectivity index (χ0n) is 10.6. The average molecular weight is 314 g/mol. The molecule has 112 valence electrons. The molecule has 0 aliphatic rings. The van der Waals surface area contributed by atoms with Crippen LogP contribution in [0.2, 0.25) is 0 Å². The summed E-state index contributed by atoms with van der Waals surface area (Å²) in [6.07, 6.45) is 0. The fourth-order valence-electron chi connectivity index (χ4n) is 1.48. The van der Waals surface area contributed by atoms with Crippen LogP contribution < -0.4 is 16.0 Å². The van der Waals surface area contributed by atoms with Crippen LogP contribution in [0.4, 0.5) is 17.4 Å². The number of hydrogen-bond donors (Lipinski definition) is 3. The molecule has 0 spiro atoms. The number of sulfonamides is 1. The lowest BCUT2D eigenvalue weighted by Crippen LogP contribution is -2.15. The van der Waals surface area contributed by atoms with Crippen molar-refractivity contribution < 1.29 is 17.8 Å². The number of aryl methyl sites for hydroxylation is 1. The summed E-state index contributed by atoms with van der Waals surface area (Å²) in [4.78, 5) is 9.59. The van der Waals surface area contributed by atoms with Crippen LogP contribution >= 0.6 is 0 Å². The topological polar surface area (TPSA) is 166 Å². The minimum atomic E-state index is -4.26. The molecule has 12 heteroatoms. The van der Waals surface area contributed by atoms with E-state index in [1.54, 1.807) is 0 Å². The fraction of sp³-hybridized carbons (Fsp3) is 0.111. The molecule has 0 fully saturated rings. The highest BCUT2D eigenvalue weighted by molar-refractivity contribution is 7.92. The number of nitrogens with two attached hydrogens (primary N) is 1. The number of nitrogens with one attached hydrogen (secondary N) is 2. The molecule has 11 nitrogen and oxygen atoms in total. The van der Waals surface area contributed by atoms with E-state index in [2.05, 4.69) is 15.6 Å². The molecule has 0 aliphatic carbocycles. The number of hydrazine groups is 1. The van der Waals surface area contributed by atoms with E-state index in [1.807, 2.05) is 4.72 Å². The first-order valence-corrected chi connectivity index (χ1v) is 6.90. The van der Waals surface area contributed by atoms with Crippen LogP contribution in [-0.2, 0) is 10.0 Å². The normalized spacial score (nSPS) is 11.1. The minimum absolute atomic E-state index is 0.143. The van der Waals surface area contributed by atoms with Crippen molar-refractivity contribution in [3.8, 4) is 0 Å². The van der Waals surface area contributed by atoms with Crippen LogP contribution in [0.15, 0.2) is 27.5 Å². The molecule has 0 amide bonds. The predicted molar refractivity (Wildman–Crippen MR) is 70.8 cm³/mol.